The third-order valence-corrected chi connectivity index (χ3v) is 4.52. The zero-order chi connectivity index (χ0) is 29.0. The molecule has 16 nitrogen and oxygen atoms in total. The fourth-order valence-electron chi connectivity index (χ4n) is 2.77. The molecule has 1 saturated heterocycles. The van der Waals surface area contributed by atoms with Crippen LogP contribution in [0.25, 0.3) is 0 Å². The number of nitrogens with one attached hydrogen (secondary N) is 1. The fraction of sp³-hybridized carbons (Fsp3) is 0.696. The Labute approximate surface area is 224 Å². The number of esters is 3. The Bertz CT molecular complexity index is 846. The number of nitrogens with zero attached hydrogens (tertiary/aromatic N) is 1. The van der Waals surface area contributed by atoms with Crippen molar-refractivity contribution in [1.29, 1.82) is 0 Å². The van der Waals surface area contributed by atoms with Gasteiger partial charge in [0.05, 0.1) is 39.5 Å². The number of imide groups is 1. The lowest BCUT2D eigenvalue weighted by molar-refractivity contribution is -0.200. The van der Waals surface area contributed by atoms with Gasteiger partial charge in [0.15, 0.2) is 6.10 Å². The van der Waals surface area contributed by atoms with Gasteiger partial charge in [0, 0.05) is 39.7 Å². The van der Waals surface area contributed by atoms with Crippen LogP contribution in [0.2, 0.25) is 0 Å². The first-order valence-corrected chi connectivity index (χ1v) is 12.1. The molecule has 39 heavy (non-hydrogen) atoms. The highest BCUT2D eigenvalue weighted by Crippen LogP contribution is 2.12. The van der Waals surface area contributed by atoms with E-state index in [-0.39, 0.29) is 78.5 Å². The van der Waals surface area contributed by atoms with Crippen LogP contribution in [0.4, 0.5) is 0 Å². The Morgan fingerprint density at radius 3 is 1.97 bits per heavy atom. The second-order valence-corrected chi connectivity index (χ2v) is 7.89. The van der Waals surface area contributed by atoms with E-state index in [4.69, 9.17) is 28.4 Å². The number of hydroxylamine groups is 2. The van der Waals surface area contributed by atoms with Crippen LogP contribution in [0.5, 0.6) is 0 Å². The minimum absolute atomic E-state index is 0.00944. The molecule has 0 aromatic rings. The monoisotopic (exact) mass is 562 g/mol. The van der Waals surface area contributed by atoms with Gasteiger partial charge in [-0.05, 0) is 0 Å². The molecule has 1 aliphatic heterocycles. The van der Waals surface area contributed by atoms with Gasteiger partial charge in [0.25, 0.3) is 11.8 Å². The molecule has 1 rings (SSSR count). The van der Waals surface area contributed by atoms with Crippen molar-refractivity contribution in [3.8, 4) is 0 Å². The summed E-state index contributed by atoms with van der Waals surface area (Å²) in [6.07, 6.45) is -1.25. The van der Waals surface area contributed by atoms with Gasteiger partial charge in [0.2, 0.25) is 5.91 Å². The van der Waals surface area contributed by atoms with E-state index in [1.807, 2.05) is 0 Å². The van der Waals surface area contributed by atoms with E-state index in [0.29, 0.717) is 5.06 Å². The Morgan fingerprint density at radius 2 is 1.36 bits per heavy atom. The summed E-state index contributed by atoms with van der Waals surface area (Å²) in [7, 11) is 0. The number of carbonyl (C=O) groups is 7. The standard InChI is InChI=1S/C23H34N2O14/c1-16(26)36-13-18(38-17(2)27)14-37-22(31)6-3-19(28)24-7-8-33-9-10-34-11-12-35-15-23(32)39-25-20(29)4-5-21(25)30/h18H,3-15H2,1-2H3,(H,24,28). The number of amides is 3. The van der Waals surface area contributed by atoms with Gasteiger partial charge in [-0.3, -0.25) is 28.8 Å². The zero-order valence-corrected chi connectivity index (χ0v) is 21.9. The Balaban J connectivity index is 1.97. The van der Waals surface area contributed by atoms with E-state index in [2.05, 4.69) is 10.2 Å². The first-order valence-electron chi connectivity index (χ1n) is 12.1. The summed E-state index contributed by atoms with van der Waals surface area (Å²) in [6, 6.07) is 0. The number of carbonyl (C=O) groups excluding carboxylic acids is 7. The topological polar surface area (TPSA) is 199 Å². The Kier molecular flexibility index (Phi) is 16.6. The van der Waals surface area contributed by atoms with E-state index < -0.39 is 54.3 Å². The highest BCUT2D eigenvalue weighted by molar-refractivity contribution is 6.01. The van der Waals surface area contributed by atoms with Crippen molar-refractivity contribution in [3.63, 3.8) is 0 Å². The second kappa shape index (κ2) is 19.4. The molecule has 1 aliphatic rings. The van der Waals surface area contributed by atoms with Crippen LogP contribution in [0, 0.1) is 0 Å². The molecule has 16 heteroatoms. The first-order chi connectivity index (χ1) is 18.6. The van der Waals surface area contributed by atoms with E-state index in [9.17, 15) is 33.6 Å². The lowest BCUT2D eigenvalue weighted by Gasteiger charge is -2.16. The summed E-state index contributed by atoms with van der Waals surface area (Å²) in [4.78, 5) is 84.4. The largest absolute Gasteiger partial charge is 0.462 e. The van der Waals surface area contributed by atoms with Gasteiger partial charge in [-0.1, -0.05) is 0 Å². The van der Waals surface area contributed by atoms with Crippen LogP contribution < -0.4 is 5.32 Å². The van der Waals surface area contributed by atoms with E-state index in [1.165, 1.54) is 6.92 Å². The Hall–Kier alpha value is -3.63. The van der Waals surface area contributed by atoms with Crippen LogP contribution in [0.15, 0.2) is 0 Å². The van der Waals surface area contributed by atoms with E-state index >= 15 is 0 Å². The summed E-state index contributed by atoms with van der Waals surface area (Å²) in [5.41, 5.74) is 0. The van der Waals surface area contributed by atoms with Gasteiger partial charge >= 0.3 is 23.9 Å². The molecule has 1 fully saturated rings. The molecule has 0 aliphatic carbocycles. The SMILES string of the molecule is CC(=O)OCC(COC(=O)CCC(=O)NCCOCCOCCOCC(=O)ON1C(=O)CCC1=O)OC(C)=O. The Morgan fingerprint density at radius 1 is 0.769 bits per heavy atom. The van der Waals surface area contributed by atoms with Crippen LogP contribution in [-0.4, -0.2) is 112 Å². The van der Waals surface area contributed by atoms with Crippen LogP contribution in [-0.2, 0) is 66.8 Å². The molecule has 1 heterocycles. The van der Waals surface area contributed by atoms with Crippen molar-refractivity contribution in [2.24, 2.45) is 0 Å². The lowest BCUT2D eigenvalue weighted by Crippen LogP contribution is -2.33. The van der Waals surface area contributed by atoms with Gasteiger partial charge in [-0.15, -0.1) is 5.06 Å². The van der Waals surface area contributed by atoms with Gasteiger partial charge < -0.3 is 38.6 Å². The minimum Gasteiger partial charge on any atom is -0.462 e. The maximum atomic E-state index is 11.8. The summed E-state index contributed by atoms with van der Waals surface area (Å²) in [5.74, 6) is -4.29. The average Bonchev–Trinajstić information content (AvgIpc) is 3.19. The summed E-state index contributed by atoms with van der Waals surface area (Å²) in [6.45, 7) is 2.45. The van der Waals surface area contributed by atoms with Gasteiger partial charge in [0.1, 0.15) is 19.8 Å². The molecule has 0 radical (unpaired) electrons. The van der Waals surface area contributed by atoms with E-state index in [1.54, 1.807) is 0 Å². The van der Waals surface area contributed by atoms with Crippen LogP contribution in [0.1, 0.15) is 39.5 Å². The zero-order valence-electron chi connectivity index (χ0n) is 21.9. The van der Waals surface area contributed by atoms with Crippen molar-refractivity contribution in [2.75, 3.05) is 59.4 Å². The smallest absolute Gasteiger partial charge is 0.358 e. The molecule has 3 amide bonds. The number of hydrogen-bond acceptors (Lipinski definition) is 14. The molecule has 1 N–H and O–H groups in total. The molecule has 0 aromatic heterocycles. The lowest BCUT2D eigenvalue weighted by atomic mass is 10.3. The summed E-state index contributed by atoms with van der Waals surface area (Å²) in [5, 5.41) is 3.02. The predicted octanol–water partition coefficient (Wildman–Crippen LogP) is -1.42. The van der Waals surface area contributed by atoms with Crippen molar-refractivity contribution in [2.45, 2.75) is 45.6 Å². The second-order valence-electron chi connectivity index (χ2n) is 7.89. The molecular formula is C23H34N2O14. The summed E-state index contributed by atoms with van der Waals surface area (Å²) >= 11 is 0. The number of rotatable bonds is 20. The maximum Gasteiger partial charge on any atom is 0.358 e. The van der Waals surface area contributed by atoms with Gasteiger partial charge in [-0.25, -0.2) is 4.79 Å². The molecule has 0 saturated carbocycles. The first kappa shape index (κ1) is 33.4. The normalized spacial score (nSPS) is 13.5. The van der Waals surface area contributed by atoms with Crippen molar-refractivity contribution >= 4 is 41.6 Å². The molecule has 0 bridgehead atoms. The molecule has 0 aromatic carbocycles. The number of ether oxygens (including phenoxy) is 6. The molecule has 1 atom stereocenters. The van der Waals surface area contributed by atoms with Crippen LogP contribution >= 0.6 is 0 Å². The van der Waals surface area contributed by atoms with E-state index in [0.717, 1.165) is 6.92 Å². The molecule has 220 valence electrons. The highest BCUT2D eigenvalue weighted by atomic mass is 16.7. The average molecular weight is 563 g/mol. The number of hydrogen-bond donors (Lipinski definition) is 1. The molecular weight excluding hydrogens is 528 g/mol. The quantitative estimate of drug-likeness (QED) is 0.0784. The third-order valence-electron chi connectivity index (χ3n) is 4.52. The fourth-order valence-corrected chi connectivity index (χ4v) is 2.77. The third kappa shape index (κ3) is 16.7. The maximum absolute atomic E-state index is 11.8. The van der Waals surface area contributed by atoms with Crippen LogP contribution in [0.3, 0.4) is 0 Å². The van der Waals surface area contributed by atoms with Crippen molar-refractivity contribution < 1.29 is 66.8 Å². The molecule has 1 unspecified atom stereocenters. The highest BCUT2D eigenvalue weighted by Gasteiger charge is 2.32. The van der Waals surface area contributed by atoms with Gasteiger partial charge in [-0.2, -0.15) is 0 Å². The predicted molar refractivity (Wildman–Crippen MR) is 125 cm³/mol. The van der Waals surface area contributed by atoms with Crippen molar-refractivity contribution in [3.05, 3.63) is 0 Å². The summed E-state index contributed by atoms with van der Waals surface area (Å²) < 4.78 is 30.2. The molecule has 0 spiro atoms. The van der Waals surface area contributed by atoms with Crippen molar-refractivity contribution in [1.82, 2.24) is 10.4 Å². The minimum atomic E-state index is -0.942.